The van der Waals surface area contributed by atoms with E-state index in [-0.39, 0.29) is 12.3 Å². The molecule has 1 amide bonds. The third-order valence-corrected chi connectivity index (χ3v) is 2.47. The largest absolute Gasteiger partial charge is 0.465 e. The lowest BCUT2D eigenvalue weighted by molar-refractivity contribution is -0.115. The minimum atomic E-state index is -0.440. The molecule has 19 heavy (non-hydrogen) atoms. The number of esters is 1. The fourth-order valence-corrected chi connectivity index (χ4v) is 1.60. The molecule has 0 saturated carbocycles. The highest BCUT2D eigenvalue weighted by Gasteiger charge is 2.08. The number of carbonyl (C=O) groups is 2. The number of methoxy groups -OCH3 is 1. The average molecular weight is 259 g/mol. The second-order valence-corrected chi connectivity index (χ2v) is 3.87. The summed E-state index contributed by atoms with van der Waals surface area (Å²) in [7, 11) is 1.31. The van der Waals surface area contributed by atoms with Crippen LogP contribution >= 0.6 is 0 Å². The summed E-state index contributed by atoms with van der Waals surface area (Å²) < 4.78 is 4.62. The Labute approximate surface area is 109 Å². The maximum atomic E-state index is 11.8. The van der Waals surface area contributed by atoms with E-state index in [1.165, 1.54) is 13.4 Å². The maximum absolute atomic E-state index is 11.8. The summed E-state index contributed by atoms with van der Waals surface area (Å²) in [4.78, 5) is 29.8. The number of rotatable bonds is 4. The number of anilines is 1. The van der Waals surface area contributed by atoms with Crippen LogP contribution in [-0.4, -0.2) is 29.0 Å². The number of aromatic amines is 1. The smallest absolute Gasteiger partial charge is 0.337 e. The molecule has 0 fully saturated rings. The number of hydrogen-bond acceptors (Lipinski definition) is 4. The Balaban J connectivity index is 2.02. The van der Waals surface area contributed by atoms with Gasteiger partial charge in [-0.15, -0.1) is 0 Å². The van der Waals surface area contributed by atoms with Crippen LogP contribution in [0.15, 0.2) is 36.8 Å². The van der Waals surface area contributed by atoms with Crippen molar-refractivity contribution < 1.29 is 14.3 Å². The second-order valence-electron chi connectivity index (χ2n) is 3.87. The molecule has 1 aromatic heterocycles. The highest BCUT2D eigenvalue weighted by molar-refractivity contribution is 5.95. The summed E-state index contributed by atoms with van der Waals surface area (Å²) in [6, 6.07) is 6.57. The monoisotopic (exact) mass is 259 g/mol. The number of amides is 1. The zero-order valence-electron chi connectivity index (χ0n) is 10.3. The van der Waals surface area contributed by atoms with E-state index < -0.39 is 5.97 Å². The molecule has 6 nitrogen and oxygen atoms in total. The van der Waals surface area contributed by atoms with Gasteiger partial charge in [-0.1, -0.05) is 6.07 Å². The summed E-state index contributed by atoms with van der Waals surface area (Å²) >= 11 is 0. The van der Waals surface area contributed by atoms with Gasteiger partial charge in [0, 0.05) is 17.6 Å². The topological polar surface area (TPSA) is 84.1 Å². The number of benzene rings is 1. The van der Waals surface area contributed by atoms with Gasteiger partial charge < -0.3 is 15.0 Å². The zero-order chi connectivity index (χ0) is 13.7. The average Bonchev–Trinajstić information content (AvgIpc) is 2.90. The van der Waals surface area contributed by atoms with Gasteiger partial charge in [-0.25, -0.2) is 9.78 Å². The Bertz CT molecular complexity index is 579. The maximum Gasteiger partial charge on any atom is 0.337 e. The molecule has 6 heteroatoms. The Kier molecular flexibility index (Phi) is 3.92. The lowest BCUT2D eigenvalue weighted by Crippen LogP contribution is -2.15. The summed E-state index contributed by atoms with van der Waals surface area (Å²) in [5.74, 6) is -0.629. The van der Waals surface area contributed by atoms with E-state index in [1.54, 1.807) is 30.5 Å². The predicted octanol–water partition coefficient (Wildman–Crippen LogP) is 1.38. The first-order chi connectivity index (χ1) is 9.19. The van der Waals surface area contributed by atoms with Gasteiger partial charge in [-0.05, 0) is 18.2 Å². The van der Waals surface area contributed by atoms with Crippen LogP contribution in [-0.2, 0) is 16.0 Å². The number of nitrogens with zero attached hydrogens (tertiary/aromatic N) is 1. The van der Waals surface area contributed by atoms with Gasteiger partial charge in [0.2, 0.25) is 5.91 Å². The molecule has 0 radical (unpaired) electrons. The van der Waals surface area contributed by atoms with Crippen molar-refractivity contribution in [3.05, 3.63) is 48.0 Å². The molecule has 0 saturated heterocycles. The van der Waals surface area contributed by atoms with Crippen molar-refractivity contribution in [1.82, 2.24) is 9.97 Å². The third kappa shape index (κ3) is 3.41. The molecule has 1 heterocycles. The van der Waals surface area contributed by atoms with Crippen molar-refractivity contribution in [3.8, 4) is 0 Å². The van der Waals surface area contributed by atoms with E-state index >= 15 is 0 Å². The van der Waals surface area contributed by atoms with Gasteiger partial charge in [0.15, 0.2) is 0 Å². The van der Waals surface area contributed by atoms with Gasteiger partial charge in [-0.3, -0.25) is 4.79 Å². The Hall–Kier alpha value is -2.63. The van der Waals surface area contributed by atoms with E-state index in [0.717, 1.165) is 5.69 Å². The Morgan fingerprint density at radius 3 is 2.95 bits per heavy atom. The quantitative estimate of drug-likeness (QED) is 0.812. The molecule has 0 atom stereocenters. The highest BCUT2D eigenvalue weighted by Crippen LogP contribution is 2.12. The molecule has 2 aromatic rings. The molecule has 0 aliphatic rings. The molecule has 0 aliphatic heterocycles. The first-order valence-electron chi connectivity index (χ1n) is 5.64. The van der Waals surface area contributed by atoms with Crippen LogP contribution in [0.3, 0.4) is 0 Å². The number of imidazole rings is 1. The van der Waals surface area contributed by atoms with E-state index in [4.69, 9.17) is 0 Å². The lowest BCUT2D eigenvalue weighted by atomic mass is 10.2. The molecule has 2 N–H and O–H groups in total. The number of hydrogen-bond donors (Lipinski definition) is 2. The summed E-state index contributed by atoms with van der Waals surface area (Å²) in [5, 5.41) is 2.71. The van der Waals surface area contributed by atoms with Gasteiger partial charge in [-0.2, -0.15) is 0 Å². The molecule has 0 bridgehead atoms. The number of aromatic nitrogens is 2. The number of nitrogens with one attached hydrogen (secondary N) is 2. The predicted molar refractivity (Wildman–Crippen MR) is 68.7 cm³/mol. The highest BCUT2D eigenvalue weighted by atomic mass is 16.5. The first kappa shape index (κ1) is 12.8. The van der Waals surface area contributed by atoms with Crippen LogP contribution < -0.4 is 5.32 Å². The number of H-pyrrole nitrogens is 1. The van der Waals surface area contributed by atoms with Gasteiger partial charge in [0.05, 0.1) is 25.4 Å². The summed E-state index contributed by atoms with van der Waals surface area (Å²) in [6.07, 6.45) is 3.30. The number of carbonyl (C=O) groups excluding carboxylic acids is 2. The standard InChI is InChI=1S/C13H13N3O3/c1-19-13(18)9-3-2-4-10(5-9)16-12(17)6-11-7-14-8-15-11/h2-5,7-8H,6H2,1H3,(H,14,15)(H,16,17). The van der Waals surface area contributed by atoms with E-state index in [9.17, 15) is 9.59 Å². The van der Waals surface area contributed by atoms with Crippen LogP contribution in [0, 0.1) is 0 Å². The molecule has 0 aliphatic carbocycles. The summed E-state index contributed by atoms with van der Waals surface area (Å²) in [6.45, 7) is 0. The Morgan fingerprint density at radius 1 is 1.42 bits per heavy atom. The zero-order valence-corrected chi connectivity index (χ0v) is 10.3. The Morgan fingerprint density at radius 2 is 2.26 bits per heavy atom. The molecule has 2 rings (SSSR count). The minimum Gasteiger partial charge on any atom is -0.465 e. The number of ether oxygens (including phenoxy) is 1. The molecular weight excluding hydrogens is 246 g/mol. The van der Waals surface area contributed by atoms with Crippen molar-refractivity contribution in [2.24, 2.45) is 0 Å². The normalized spacial score (nSPS) is 9.95. The fourth-order valence-electron chi connectivity index (χ4n) is 1.60. The summed E-state index contributed by atoms with van der Waals surface area (Å²) in [5.41, 5.74) is 1.66. The minimum absolute atomic E-state index is 0.189. The molecule has 0 unspecified atom stereocenters. The van der Waals surface area contributed by atoms with Crippen molar-refractivity contribution in [1.29, 1.82) is 0 Å². The van der Waals surface area contributed by atoms with Gasteiger partial charge >= 0.3 is 5.97 Å². The fraction of sp³-hybridized carbons (Fsp3) is 0.154. The van der Waals surface area contributed by atoms with Gasteiger partial charge in [0.25, 0.3) is 0 Å². The van der Waals surface area contributed by atoms with E-state index in [2.05, 4.69) is 20.0 Å². The van der Waals surface area contributed by atoms with Crippen LogP contribution in [0.1, 0.15) is 16.1 Å². The molecule has 0 spiro atoms. The first-order valence-corrected chi connectivity index (χ1v) is 5.64. The van der Waals surface area contributed by atoms with Crippen LogP contribution in [0.5, 0.6) is 0 Å². The second kappa shape index (κ2) is 5.81. The van der Waals surface area contributed by atoms with E-state index in [1.807, 2.05) is 0 Å². The van der Waals surface area contributed by atoms with Crippen molar-refractivity contribution in [3.63, 3.8) is 0 Å². The SMILES string of the molecule is COC(=O)c1cccc(NC(=O)Cc2cnc[nH]2)c1. The van der Waals surface area contributed by atoms with Crippen LogP contribution in [0.25, 0.3) is 0 Å². The molecule has 1 aromatic carbocycles. The van der Waals surface area contributed by atoms with Crippen molar-refractivity contribution in [2.75, 3.05) is 12.4 Å². The third-order valence-electron chi connectivity index (χ3n) is 2.47. The molecular formula is C13H13N3O3. The van der Waals surface area contributed by atoms with Crippen molar-refractivity contribution in [2.45, 2.75) is 6.42 Å². The lowest BCUT2D eigenvalue weighted by Gasteiger charge is -2.06. The molecule has 98 valence electrons. The van der Waals surface area contributed by atoms with Crippen LogP contribution in [0.4, 0.5) is 5.69 Å². The van der Waals surface area contributed by atoms with Gasteiger partial charge in [0.1, 0.15) is 0 Å². The van der Waals surface area contributed by atoms with Crippen molar-refractivity contribution >= 4 is 17.6 Å². The van der Waals surface area contributed by atoms with E-state index in [0.29, 0.717) is 11.3 Å². The van der Waals surface area contributed by atoms with Crippen LogP contribution in [0.2, 0.25) is 0 Å².